The summed E-state index contributed by atoms with van der Waals surface area (Å²) in [6.45, 7) is 2.14. The molecule has 1 atom stereocenters. The molecule has 104 valence electrons. The molecule has 0 saturated carbocycles. The topological polar surface area (TPSA) is 24.9 Å². The number of hydrogen-bond donors (Lipinski definition) is 1. The molecule has 0 radical (unpaired) electrons. The fourth-order valence-electron chi connectivity index (χ4n) is 2.35. The van der Waals surface area contributed by atoms with Crippen LogP contribution in [0, 0.1) is 0 Å². The highest BCUT2D eigenvalue weighted by Crippen LogP contribution is 2.23. The second-order valence-corrected chi connectivity index (χ2v) is 5.10. The summed E-state index contributed by atoms with van der Waals surface area (Å²) >= 11 is 0. The number of aromatic nitrogens is 1. The molecule has 0 aliphatic carbocycles. The lowest BCUT2D eigenvalue weighted by atomic mass is 10.1. The van der Waals surface area contributed by atoms with Gasteiger partial charge >= 0.3 is 0 Å². The summed E-state index contributed by atoms with van der Waals surface area (Å²) in [4.78, 5) is 4.16. The lowest BCUT2D eigenvalue weighted by Crippen LogP contribution is -2.06. The van der Waals surface area contributed by atoms with Gasteiger partial charge in [-0.1, -0.05) is 48.5 Å². The van der Waals surface area contributed by atoms with Gasteiger partial charge in [-0.3, -0.25) is 4.98 Å². The van der Waals surface area contributed by atoms with Crippen LogP contribution in [0.4, 0.5) is 5.69 Å². The van der Waals surface area contributed by atoms with Gasteiger partial charge in [-0.05, 0) is 41.8 Å². The molecule has 2 nitrogen and oxygen atoms in total. The molecule has 2 aromatic carbocycles. The van der Waals surface area contributed by atoms with Crippen LogP contribution in [0.15, 0.2) is 79.1 Å². The van der Waals surface area contributed by atoms with Crippen molar-refractivity contribution in [1.29, 1.82) is 0 Å². The van der Waals surface area contributed by atoms with E-state index in [2.05, 4.69) is 71.8 Å². The Morgan fingerprint density at radius 2 is 1.52 bits per heavy atom. The Morgan fingerprint density at radius 1 is 0.810 bits per heavy atom. The second kappa shape index (κ2) is 6.23. The van der Waals surface area contributed by atoms with Gasteiger partial charge in [0.05, 0.1) is 6.04 Å². The van der Waals surface area contributed by atoms with E-state index < -0.39 is 0 Å². The number of benzene rings is 2. The van der Waals surface area contributed by atoms with E-state index in [4.69, 9.17) is 0 Å². The van der Waals surface area contributed by atoms with E-state index in [-0.39, 0.29) is 6.04 Å². The minimum Gasteiger partial charge on any atom is -0.378 e. The summed E-state index contributed by atoms with van der Waals surface area (Å²) in [5.74, 6) is 0. The first-order valence-corrected chi connectivity index (χ1v) is 7.15. The average Bonchev–Trinajstić information content (AvgIpc) is 2.57. The summed E-state index contributed by atoms with van der Waals surface area (Å²) < 4.78 is 0. The van der Waals surface area contributed by atoms with Crippen LogP contribution >= 0.6 is 0 Å². The summed E-state index contributed by atoms with van der Waals surface area (Å²) in [6, 6.07) is 23.2. The molecule has 21 heavy (non-hydrogen) atoms. The van der Waals surface area contributed by atoms with Crippen molar-refractivity contribution in [2.24, 2.45) is 0 Å². The van der Waals surface area contributed by atoms with Gasteiger partial charge in [0.25, 0.3) is 0 Å². The van der Waals surface area contributed by atoms with E-state index in [0.29, 0.717) is 0 Å². The standard InChI is InChI=1S/C19H18N2/c1-15(18-8-5-13-20-14-18)21-19-11-9-17(10-12-19)16-6-3-2-4-7-16/h2-15,21H,1H3. The molecule has 3 rings (SSSR count). The molecule has 1 heterocycles. The fraction of sp³-hybridized carbons (Fsp3) is 0.105. The Hall–Kier alpha value is -2.61. The van der Waals surface area contributed by atoms with Crippen LogP contribution in [-0.4, -0.2) is 4.98 Å². The Kier molecular flexibility index (Phi) is 3.97. The Balaban J connectivity index is 1.73. The minimum atomic E-state index is 0.237. The molecule has 1 aromatic heterocycles. The third-order valence-electron chi connectivity index (χ3n) is 3.56. The number of nitrogens with one attached hydrogen (secondary N) is 1. The van der Waals surface area contributed by atoms with E-state index in [1.54, 1.807) is 6.20 Å². The van der Waals surface area contributed by atoms with Crippen molar-refractivity contribution in [3.8, 4) is 11.1 Å². The molecule has 1 N–H and O–H groups in total. The molecule has 3 aromatic rings. The summed E-state index contributed by atoms with van der Waals surface area (Å²) in [6.07, 6.45) is 3.70. The van der Waals surface area contributed by atoms with Gasteiger partial charge in [0.15, 0.2) is 0 Å². The fourth-order valence-corrected chi connectivity index (χ4v) is 2.35. The van der Waals surface area contributed by atoms with Crippen LogP contribution < -0.4 is 5.32 Å². The number of pyridine rings is 1. The summed E-state index contributed by atoms with van der Waals surface area (Å²) in [7, 11) is 0. The largest absolute Gasteiger partial charge is 0.378 e. The third-order valence-corrected chi connectivity index (χ3v) is 3.56. The van der Waals surface area contributed by atoms with Gasteiger partial charge in [0, 0.05) is 18.1 Å². The van der Waals surface area contributed by atoms with Crippen LogP contribution in [0.5, 0.6) is 0 Å². The second-order valence-electron chi connectivity index (χ2n) is 5.10. The van der Waals surface area contributed by atoms with Crippen molar-refractivity contribution < 1.29 is 0 Å². The van der Waals surface area contributed by atoms with Crippen LogP contribution in [0.1, 0.15) is 18.5 Å². The minimum absolute atomic E-state index is 0.237. The maximum atomic E-state index is 4.16. The molecular weight excluding hydrogens is 256 g/mol. The zero-order valence-corrected chi connectivity index (χ0v) is 12.0. The van der Waals surface area contributed by atoms with Gasteiger partial charge in [0.2, 0.25) is 0 Å². The highest BCUT2D eigenvalue weighted by Gasteiger charge is 2.05. The van der Waals surface area contributed by atoms with Crippen molar-refractivity contribution in [3.05, 3.63) is 84.7 Å². The SMILES string of the molecule is CC(Nc1ccc(-c2ccccc2)cc1)c1cccnc1. The Morgan fingerprint density at radius 3 is 2.19 bits per heavy atom. The highest BCUT2D eigenvalue weighted by molar-refractivity contribution is 5.66. The van der Waals surface area contributed by atoms with Crippen molar-refractivity contribution in [3.63, 3.8) is 0 Å². The normalized spacial score (nSPS) is 11.9. The van der Waals surface area contributed by atoms with E-state index in [1.807, 2.05) is 18.3 Å². The molecule has 1 unspecified atom stereocenters. The number of rotatable bonds is 4. The number of nitrogens with zero attached hydrogens (tertiary/aromatic N) is 1. The molecule has 0 fully saturated rings. The van der Waals surface area contributed by atoms with Crippen molar-refractivity contribution >= 4 is 5.69 Å². The van der Waals surface area contributed by atoms with Crippen LogP contribution in [0.25, 0.3) is 11.1 Å². The first-order valence-electron chi connectivity index (χ1n) is 7.15. The van der Waals surface area contributed by atoms with Gasteiger partial charge in [-0.2, -0.15) is 0 Å². The lowest BCUT2D eigenvalue weighted by molar-refractivity contribution is 0.876. The number of hydrogen-bond acceptors (Lipinski definition) is 2. The van der Waals surface area contributed by atoms with E-state index in [0.717, 1.165) is 5.69 Å². The molecule has 2 heteroatoms. The Labute approximate surface area is 125 Å². The Bertz CT molecular complexity index is 676. The van der Waals surface area contributed by atoms with Gasteiger partial charge in [-0.25, -0.2) is 0 Å². The molecule has 0 aliphatic rings. The average molecular weight is 274 g/mol. The zero-order chi connectivity index (χ0) is 14.5. The molecule has 0 saturated heterocycles. The van der Waals surface area contributed by atoms with Gasteiger partial charge in [0.1, 0.15) is 0 Å². The predicted octanol–water partition coefficient (Wildman–Crippen LogP) is 4.92. The van der Waals surface area contributed by atoms with E-state index in [9.17, 15) is 0 Å². The van der Waals surface area contributed by atoms with E-state index in [1.165, 1.54) is 16.7 Å². The first kappa shape index (κ1) is 13.4. The van der Waals surface area contributed by atoms with Gasteiger partial charge < -0.3 is 5.32 Å². The maximum Gasteiger partial charge on any atom is 0.0500 e. The summed E-state index contributed by atoms with van der Waals surface area (Å²) in [5, 5.41) is 3.50. The first-order chi connectivity index (χ1) is 10.3. The molecule has 0 bridgehead atoms. The molecule has 0 amide bonds. The summed E-state index contributed by atoms with van der Waals surface area (Å²) in [5.41, 5.74) is 4.77. The number of anilines is 1. The van der Waals surface area contributed by atoms with Crippen molar-refractivity contribution in [2.75, 3.05) is 5.32 Å². The van der Waals surface area contributed by atoms with Crippen LogP contribution in [-0.2, 0) is 0 Å². The molecular formula is C19H18N2. The van der Waals surface area contributed by atoms with Crippen molar-refractivity contribution in [2.45, 2.75) is 13.0 Å². The monoisotopic (exact) mass is 274 g/mol. The highest BCUT2D eigenvalue weighted by atomic mass is 14.9. The van der Waals surface area contributed by atoms with E-state index >= 15 is 0 Å². The quantitative estimate of drug-likeness (QED) is 0.730. The lowest BCUT2D eigenvalue weighted by Gasteiger charge is -2.15. The zero-order valence-electron chi connectivity index (χ0n) is 12.0. The van der Waals surface area contributed by atoms with Crippen molar-refractivity contribution in [1.82, 2.24) is 4.98 Å². The third kappa shape index (κ3) is 3.29. The van der Waals surface area contributed by atoms with Crippen LogP contribution in [0.2, 0.25) is 0 Å². The smallest absolute Gasteiger partial charge is 0.0500 e. The van der Waals surface area contributed by atoms with Crippen LogP contribution in [0.3, 0.4) is 0 Å². The molecule has 0 aliphatic heterocycles. The maximum absolute atomic E-state index is 4.16. The molecule has 0 spiro atoms. The van der Waals surface area contributed by atoms with Gasteiger partial charge in [-0.15, -0.1) is 0 Å². The predicted molar refractivity (Wildman–Crippen MR) is 88.2 cm³/mol.